The second-order valence-corrected chi connectivity index (χ2v) is 8.24. The van der Waals surface area contributed by atoms with Crippen LogP contribution >= 0.6 is 11.3 Å². The zero-order chi connectivity index (χ0) is 20.9. The maximum atomic E-state index is 12.3. The van der Waals surface area contributed by atoms with Crippen molar-refractivity contribution >= 4 is 39.8 Å². The number of amides is 2. The highest BCUT2D eigenvalue weighted by Gasteiger charge is 2.23. The van der Waals surface area contributed by atoms with Crippen molar-refractivity contribution in [3.8, 4) is 5.75 Å². The van der Waals surface area contributed by atoms with E-state index in [9.17, 15) is 14.4 Å². The molecule has 0 radical (unpaired) electrons. The smallest absolute Gasteiger partial charge is 0.349 e. The molecule has 0 aliphatic carbocycles. The highest BCUT2D eigenvalue weighted by molar-refractivity contribution is 7.18. The minimum atomic E-state index is -0.612. The van der Waals surface area contributed by atoms with Gasteiger partial charge in [0.25, 0.3) is 5.91 Å². The Balaban J connectivity index is 1.93. The lowest BCUT2D eigenvalue weighted by atomic mass is 9.96. The largest absolute Gasteiger partial charge is 0.497 e. The normalized spacial score (nSPS) is 10.9. The van der Waals surface area contributed by atoms with Crippen molar-refractivity contribution in [1.29, 1.82) is 0 Å². The van der Waals surface area contributed by atoms with Gasteiger partial charge in [-0.15, -0.1) is 11.3 Å². The Kier molecular flexibility index (Phi) is 6.80. The first-order chi connectivity index (χ1) is 13.1. The Labute approximate surface area is 168 Å². The minimum Gasteiger partial charge on any atom is -0.497 e. The Hall–Kier alpha value is -2.87. The predicted octanol–water partition coefficient (Wildman–Crippen LogP) is 3.85. The highest BCUT2D eigenvalue weighted by atomic mass is 32.1. The molecule has 2 rings (SSSR count). The summed E-state index contributed by atoms with van der Waals surface area (Å²) >= 11 is 1.12. The van der Waals surface area contributed by atoms with Gasteiger partial charge in [0.2, 0.25) is 5.91 Å². The van der Waals surface area contributed by atoms with Crippen LogP contribution in [-0.2, 0) is 14.3 Å². The van der Waals surface area contributed by atoms with Crippen LogP contribution in [-0.4, -0.2) is 31.5 Å². The van der Waals surface area contributed by atoms with Crippen LogP contribution in [0.5, 0.6) is 5.75 Å². The van der Waals surface area contributed by atoms with Gasteiger partial charge in [-0.05, 0) is 30.7 Å². The van der Waals surface area contributed by atoms with Crippen molar-refractivity contribution in [3.05, 3.63) is 40.8 Å². The van der Waals surface area contributed by atoms with Gasteiger partial charge in [0.05, 0.1) is 12.1 Å². The number of aryl methyl sites for hydroxylation is 1. The van der Waals surface area contributed by atoms with Crippen LogP contribution in [0, 0.1) is 12.3 Å². The molecule has 0 aliphatic rings. The number of anilines is 2. The molecule has 0 saturated carbocycles. The molecule has 28 heavy (non-hydrogen) atoms. The Bertz CT molecular complexity index is 883. The van der Waals surface area contributed by atoms with E-state index >= 15 is 0 Å². The van der Waals surface area contributed by atoms with Crippen molar-refractivity contribution in [2.75, 3.05) is 24.4 Å². The molecule has 0 bridgehead atoms. The number of carbonyl (C=O) groups excluding carboxylic acids is 3. The fraction of sp³-hybridized carbons (Fsp3) is 0.350. The third-order valence-corrected chi connectivity index (χ3v) is 4.84. The summed E-state index contributed by atoms with van der Waals surface area (Å²) < 4.78 is 10.2. The Morgan fingerprint density at radius 1 is 1.11 bits per heavy atom. The minimum absolute atomic E-state index is 0.147. The van der Waals surface area contributed by atoms with Crippen molar-refractivity contribution in [3.63, 3.8) is 0 Å². The molecule has 0 unspecified atom stereocenters. The second kappa shape index (κ2) is 8.88. The van der Waals surface area contributed by atoms with Gasteiger partial charge in [0, 0.05) is 17.2 Å². The lowest BCUT2D eigenvalue weighted by Crippen LogP contribution is -2.27. The zero-order valence-corrected chi connectivity index (χ0v) is 17.4. The first-order valence-electron chi connectivity index (χ1n) is 8.63. The topological polar surface area (TPSA) is 93.7 Å². The molecule has 2 aromatic rings. The number of ether oxygens (including phenoxy) is 2. The van der Waals surface area contributed by atoms with Crippen LogP contribution < -0.4 is 15.4 Å². The molecular formula is C20H24N2O5S. The molecule has 150 valence electrons. The summed E-state index contributed by atoms with van der Waals surface area (Å²) in [4.78, 5) is 36.7. The standard InChI is InChI=1S/C20H24N2O5S/c1-12-9-16(22-19(25)20(2,3)4)28-17(12)18(24)27-11-15(23)21-13-7-6-8-14(10-13)26-5/h6-10H,11H2,1-5H3,(H,21,23)(H,22,25). The molecule has 0 spiro atoms. The molecule has 0 aliphatic heterocycles. The number of esters is 1. The molecule has 2 amide bonds. The molecule has 0 saturated heterocycles. The van der Waals surface area contributed by atoms with E-state index in [1.807, 2.05) is 0 Å². The third kappa shape index (κ3) is 5.82. The molecule has 1 aromatic carbocycles. The number of benzene rings is 1. The van der Waals surface area contributed by atoms with Gasteiger partial charge in [-0.25, -0.2) is 4.79 Å². The van der Waals surface area contributed by atoms with Gasteiger partial charge >= 0.3 is 5.97 Å². The molecule has 7 nitrogen and oxygen atoms in total. The summed E-state index contributed by atoms with van der Waals surface area (Å²) in [6.07, 6.45) is 0. The third-order valence-electron chi connectivity index (χ3n) is 3.71. The molecule has 1 aromatic heterocycles. The van der Waals surface area contributed by atoms with Crippen LogP contribution in [0.3, 0.4) is 0 Å². The molecule has 0 fully saturated rings. The molecule has 0 atom stereocenters. The van der Waals surface area contributed by atoms with Gasteiger partial charge in [-0.2, -0.15) is 0 Å². The summed E-state index contributed by atoms with van der Waals surface area (Å²) in [6, 6.07) is 8.57. The van der Waals surface area contributed by atoms with E-state index in [1.54, 1.807) is 58.0 Å². The second-order valence-electron chi connectivity index (χ2n) is 7.18. The van der Waals surface area contributed by atoms with E-state index in [-0.39, 0.29) is 5.91 Å². The van der Waals surface area contributed by atoms with E-state index in [0.717, 1.165) is 11.3 Å². The van der Waals surface area contributed by atoms with Gasteiger partial charge in [-0.1, -0.05) is 26.8 Å². The Morgan fingerprint density at radius 2 is 1.82 bits per heavy atom. The number of thiophene rings is 1. The van der Waals surface area contributed by atoms with E-state index in [0.29, 0.717) is 26.9 Å². The summed E-state index contributed by atoms with van der Waals surface area (Å²) in [5.74, 6) is -0.614. The lowest BCUT2D eigenvalue weighted by molar-refractivity contribution is -0.123. The average molecular weight is 404 g/mol. The van der Waals surface area contributed by atoms with E-state index in [2.05, 4.69) is 10.6 Å². The van der Waals surface area contributed by atoms with Gasteiger partial charge in [0.1, 0.15) is 10.6 Å². The van der Waals surface area contributed by atoms with Crippen LogP contribution in [0.15, 0.2) is 30.3 Å². The summed E-state index contributed by atoms with van der Waals surface area (Å²) in [5.41, 5.74) is 0.670. The fourth-order valence-corrected chi connectivity index (χ4v) is 3.10. The SMILES string of the molecule is COc1cccc(NC(=O)COC(=O)c2sc(NC(=O)C(C)(C)C)cc2C)c1. The maximum Gasteiger partial charge on any atom is 0.349 e. The van der Waals surface area contributed by atoms with E-state index < -0.39 is 23.9 Å². The Morgan fingerprint density at radius 3 is 2.46 bits per heavy atom. The van der Waals surface area contributed by atoms with Crippen LogP contribution in [0.4, 0.5) is 10.7 Å². The number of nitrogens with one attached hydrogen (secondary N) is 2. The first kappa shape index (κ1) is 21.4. The molecule has 2 N–H and O–H groups in total. The fourth-order valence-electron chi connectivity index (χ4n) is 2.14. The van der Waals surface area contributed by atoms with Crippen molar-refractivity contribution in [1.82, 2.24) is 0 Å². The monoisotopic (exact) mass is 404 g/mol. The zero-order valence-electron chi connectivity index (χ0n) is 16.5. The highest BCUT2D eigenvalue weighted by Crippen LogP contribution is 2.29. The van der Waals surface area contributed by atoms with Gasteiger partial charge in [0.15, 0.2) is 6.61 Å². The van der Waals surface area contributed by atoms with Crippen LogP contribution in [0.25, 0.3) is 0 Å². The van der Waals surface area contributed by atoms with E-state index in [4.69, 9.17) is 9.47 Å². The molecular weight excluding hydrogens is 380 g/mol. The summed E-state index contributed by atoms with van der Waals surface area (Å²) in [5, 5.41) is 5.98. The average Bonchev–Trinajstić information content (AvgIpc) is 2.99. The van der Waals surface area contributed by atoms with Crippen LogP contribution in [0.1, 0.15) is 36.0 Å². The van der Waals surface area contributed by atoms with Crippen molar-refractivity contribution < 1.29 is 23.9 Å². The molecule has 8 heteroatoms. The number of methoxy groups -OCH3 is 1. The van der Waals surface area contributed by atoms with E-state index in [1.165, 1.54) is 7.11 Å². The number of hydrogen-bond donors (Lipinski definition) is 2. The van der Waals surface area contributed by atoms with Crippen molar-refractivity contribution in [2.45, 2.75) is 27.7 Å². The van der Waals surface area contributed by atoms with Gasteiger partial charge < -0.3 is 20.1 Å². The quantitative estimate of drug-likeness (QED) is 0.714. The van der Waals surface area contributed by atoms with Gasteiger partial charge in [-0.3, -0.25) is 9.59 Å². The van der Waals surface area contributed by atoms with Crippen molar-refractivity contribution in [2.24, 2.45) is 5.41 Å². The maximum absolute atomic E-state index is 12.3. The van der Waals surface area contributed by atoms with Crippen LogP contribution in [0.2, 0.25) is 0 Å². The molecule has 1 heterocycles. The predicted molar refractivity (Wildman–Crippen MR) is 109 cm³/mol. The summed E-state index contributed by atoms with van der Waals surface area (Å²) in [6.45, 7) is 6.74. The first-order valence-corrected chi connectivity index (χ1v) is 9.44. The number of hydrogen-bond acceptors (Lipinski definition) is 6. The number of rotatable bonds is 6. The number of carbonyl (C=O) groups is 3. The lowest BCUT2D eigenvalue weighted by Gasteiger charge is -2.16. The summed E-state index contributed by atoms with van der Waals surface area (Å²) in [7, 11) is 1.53.